The van der Waals surface area contributed by atoms with Crippen molar-refractivity contribution in [3.05, 3.63) is 24.3 Å². The van der Waals surface area contributed by atoms with Crippen LogP contribution in [-0.4, -0.2) is 10.1 Å². The largest absolute Gasteiger partial charge is 0.461 e. The van der Waals surface area contributed by atoms with E-state index >= 15 is 0 Å². The van der Waals surface area contributed by atoms with Crippen LogP contribution >= 0.6 is 0 Å². The lowest BCUT2D eigenvalue weighted by Gasteiger charge is -1.93. The van der Waals surface area contributed by atoms with Crippen LogP contribution in [-0.2, 0) is 6.42 Å². The summed E-state index contributed by atoms with van der Waals surface area (Å²) in [6.45, 7) is 1.80. The molecule has 1 atom stereocenters. The fraction of sp³-hybridized carbons (Fsp3) is 0.300. The number of hydrogen-bond donors (Lipinski definition) is 0. The molecule has 0 bridgehead atoms. The Morgan fingerprint density at radius 1 is 1.60 bits per heavy atom. The molecular weight excluding hydrogens is 194 g/mol. The van der Waals surface area contributed by atoms with E-state index in [-0.39, 0.29) is 5.92 Å². The number of nitriles is 1. The van der Waals surface area contributed by atoms with Gasteiger partial charge in [-0.05, 0) is 19.1 Å². The van der Waals surface area contributed by atoms with Gasteiger partial charge in [0.25, 0.3) is 0 Å². The van der Waals surface area contributed by atoms with E-state index in [0.29, 0.717) is 23.9 Å². The van der Waals surface area contributed by atoms with E-state index in [4.69, 9.17) is 14.2 Å². The Morgan fingerprint density at radius 3 is 3.13 bits per heavy atom. The topological polar surface area (TPSA) is 75.8 Å². The predicted octanol–water partition coefficient (Wildman–Crippen LogP) is 2.03. The van der Waals surface area contributed by atoms with Crippen LogP contribution in [0.3, 0.4) is 0 Å². The summed E-state index contributed by atoms with van der Waals surface area (Å²) in [4.78, 5) is 4.12. The third-order valence-corrected chi connectivity index (χ3v) is 1.91. The molecule has 0 saturated heterocycles. The normalized spacial score (nSPS) is 12.3. The number of aromatic nitrogens is 2. The summed E-state index contributed by atoms with van der Waals surface area (Å²) in [5.74, 6) is 1.31. The summed E-state index contributed by atoms with van der Waals surface area (Å²) in [6, 6.07) is 5.61. The van der Waals surface area contributed by atoms with Crippen molar-refractivity contribution < 1.29 is 8.94 Å². The Hall–Kier alpha value is -2.09. The molecule has 76 valence electrons. The zero-order valence-corrected chi connectivity index (χ0v) is 8.17. The zero-order chi connectivity index (χ0) is 10.7. The lowest BCUT2D eigenvalue weighted by molar-refractivity contribution is 0.368. The molecular formula is C10H9N3O2. The molecule has 0 fully saturated rings. The van der Waals surface area contributed by atoms with Gasteiger partial charge < -0.3 is 8.94 Å². The van der Waals surface area contributed by atoms with Crippen LogP contribution in [0.2, 0.25) is 0 Å². The van der Waals surface area contributed by atoms with Crippen LogP contribution in [0.15, 0.2) is 27.3 Å². The van der Waals surface area contributed by atoms with E-state index in [1.807, 2.05) is 0 Å². The fourth-order valence-corrected chi connectivity index (χ4v) is 1.15. The highest BCUT2D eigenvalue weighted by molar-refractivity contribution is 5.44. The highest BCUT2D eigenvalue weighted by atomic mass is 16.5. The molecule has 5 nitrogen and oxygen atoms in total. The molecule has 2 rings (SSSR count). The molecule has 15 heavy (non-hydrogen) atoms. The molecule has 0 amide bonds. The van der Waals surface area contributed by atoms with E-state index < -0.39 is 0 Å². The van der Waals surface area contributed by atoms with Crippen molar-refractivity contribution in [2.75, 3.05) is 0 Å². The van der Waals surface area contributed by atoms with Gasteiger partial charge in [-0.1, -0.05) is 5.16 Å². The molecule has 2 heterocycles. The predicted molar refractivity (Wildman–Crippen MR) is 50.5 cm³/mol. The minimum absolute atomic E-state index is 0.130. The Labute approximate surface area is 86.3 Å². The lowest BCUT2D eigenvalue weighted by Crippen LogP contribution is -1.95. The monoisotopic (exact) mass is 203 g/mol. The second kappa shape index (κ2) is 3.96. The van der Waals surface area contributed by atoms with Crippen LogP contribution in [0, 0.1) is 17.2 Å². The molecule has 0 aliphatic rings. The third kappa shape index (κ3) is 2.05. The van der Waals surface area contributed by atoms with Crippen molar-refractivity contribution in [1.82, 2.24) is 10.1 Å². The maximum atomic E-state index is 8.63. The highest BCUT2D eigenvalue weighted by Gasteiger charge is 2.12. The lowest BCUT2D eigenvalue weighted by atomic mass is 10.1. The molecule has 0 aliphatic carbocycles. The molecule has 0 N–H and O–H groups in total. The van der Waals surface area contributed by atoms with Crippen molar-refractivity contribution in [2.24, 2.45) is 5.92 Å². The van der Waals surface area contributed by atoms with Gasteiger partial charge in [-0.3, -0.25) is 0 Å². The van der Waals surface area contributed by atoms with E-state index in [1.54, 1.807) is 25.3 Å². The van der Waals surface area contributed by atoms with Gasteiger partial charge in [0.05, 0.1) is 18.3 Å². The second-order valence-electron chi connectivity index (χ2n) is 3.22. The van der Waals surface area contributed by atoms with Crippen LogP contribution in [0.4, 0.5) is 0 Å². The molecule has 0 saturated carbocycles. The maximum absolute atomic E-state index is 8.63. The van der Waals surface area contributed by atoms with Crippen LogP contribution in [0.1, 0.15) is 12.8 Å². The van der Waals surface area contributed by atoms with Crippen molar-refractivity contribution >= 4 is 0 Å². The van der Waals surface area contributed by atoms with Gasteiger partial charge >= 0.3 is 0 Å². The highest BCUT2D eigenvalue weighted by Crippen LogP contribution is 2.16. The first-order valence-electron chi connectivity index (χ1n) is 4.55. The Bertz CT molecular complexity index is 467. The molecule has 5 heteroatoms. The van der Waals surface area contributed by atoms with Crippen LogP contribution < -0.4 is 0 Å². The smallest absolute Gasteiger partial charge is 0.238 e. The van der Waals surface area contributed by atoms with Crippen molar-refractivity contribution in [3.63, 3.8) is 0 Å². The molecule has 1 unspecified atom stereocenters. The number of hydrogen-bond acceptors (Lipinski definition) is 5. The fourth-order valence-electron chi connectivity index (χ4n) is 1.15. The number of rotatable bonds is 3. The van der Waals surface area contributed by atoms with Gasteiger partial charge in [0.15, 0.2) is 5.76 Å². The second-order valence-corrected chi connectivity index (χ2v) is 3.22. The number of furan rings is 1. The number of nitrogens with zero attached hydrogens (tertiary/aromatic N) is 3. The Morgan fingerprint density at radius 2 is 2.47 bits per heavy atom. The molecule has 0 aliphatic heterocycles. The van der Waals surface area contributed by atoms with Gasteiger partial charge in [0.2, 0.25) is 11.7 Å². The van der Waals surface area contributed by atoms with E-state index in [9.17, 15) is 0 Å². The summed E-state index contributed by atoms with van der Waals surface area (Å²) in [5, 5.41) is 12.4. The average molecular weight is 203 g/mol. The van der Waals surface area contributed by atoms with E-state index in [1.165, 1.54) is 0 Å². The van der Waals surface area contributed by atoms with Crippen molar-refractivity contribution in [3.8, 4) is 17.7 Å². The SMILES string of the molecule is CC(C#N)Cc1nc(-c2ccco2)no1. The Balaban J connectivity index is 2.15. The summed E-state index contributed by atoms with van der Waals surface area (Å²) >= 11 is 0. The van der Waals surface area contributed by atoms with Crippen molar-refractivity contribution in [1.29, 1.82) is 5.26 Å². The molecule has 2 aromatic heterocycles. The molecule has 0 spiro atoms. The summed E-state index contributed by atoms with van der Waals surface area (Å²) in [5.41, 5.74) is 0. The first kappa shape index (κ1) is 9.46. The first-order chi connectivity index (χ1) is 7.29. The molecule has 0 radical (unpaired) electrons. The maximum Gasteiger partial charge on any atom is 0.238 e. The van der Waals surface area contributed by atoms with Gasteiger partial charge in [-0.15, -0.1) is 0 Å². The molecule has 0 aromatic carbocycles. The average Bonchev–Trinajstić information content (AvgIpc) is 2.85. The van der Waals surface area contributed by atoms with Crippen LogP contribution in [0.25, 0.3) is 11.6 Å². The van der Waals surface area contributed by atoms with Gasteiger partial charge in [-0.25, -0.2) is 0 Å². The summed E-state index contributed by atoms with van der Waals surface area (Å²) in [7, 11) is 0. The summed E-state index contributed by atoms with van der Waals surface area (Å²) in [6.07, 6.45) is 2.01. The zero-order valence-electron chi connectivity index (χ0n) is 8.17. The molecule has 2 aromatic rings. The Kier molecular flexibility index (Phi) is 2.50. The van der Waals surface area contributed by atoms with Gasteiger partial charge in [-0.2, -0.15) is 10.2 Å². The minimum Gasteiger partial charge on any atom is -0.461 e. The minimum atomic E-state index is -0.130. The van der Waals surface area contributed by atoms with E-state index in [2.05, 4.69) is 16.2 Å². The van der Waals surface area contributed by atoms with Crippen LogP contribution in [0.5, 0.6) is 0 Å². The third-order valence-electron chi connectivity index (χ3n) is 1.91. The first-order valence-corrected chi connectivity index (χ1v) is 4.55. The van der Waals surface area contributed by atoms with Crippen molar-refractivity contribution in [2.45, 2.75) is 13.3 Å². The van der Waals surface area contributed by atoms with Gasteiger partial charge in [0.1, 0.15) is 0 Å². The standard InChI is InChI=1S/C10H9N3O2/c1-7(6-11)5-9-12-10(13-15-9)8-3-2-4-14-8/h2-4,7H,5H2,1H3. The van der Waals surface area contributed by atoms with E-state index in [0.717, 1.165) is 0 Å². The quantitative estimate of drug-likeness (QED) is 0.762. The van der Waals surface area contributed by atoms with Gasteiger partial charge in [0, 0.05) is 6.42 Å². The summed E-state index contributed by atoms with van der Waals surface area (Å²) < 4.78 is 10.1.